The van der Waals surface area contributed by atoms with Crippen LogP contribution in [0.1, 0.15) is 10.4 Å². The van der Waals surface area contributed by atoms with E-state index in [9.17, 15) is 14.4 Å². The van der Waals surface area contributed by atoms with Gasteiger partial charge in [0.25, 0.3) is 11.8 Å². The van der Waals surface area contributed by atoms with Gasteiger partial charge in [0, 0.05) is 30.9 Å². The molecule has 1 aromatic carbocycles. The summed E-state index contributed by atoms with van der Waals surface area (Å²) in [5, 5.41) is 7.57. The number of ether oxygens (including phenoxy) is 2. The number of anilines is 1. The number of carbonyl (C=O) groups excluding carboxylic acids is 3. The van der Waals surface area contributed by atoms with Crippen LogP contribution >= 0.6 is 0 Å². The lowest BCUT2D eigenvalue weighted by Gasteiger charge is -2.35. The first-order chi connectivity index (χ1) is 17.0. The second-order valence-corrected chi connectivity index (χ2v) is 7.66. The van der Waals surface area contributed by atoms with Crippen molar-refractivity contribution in [1.29, 1.82) is 0 Å². The number of methoxy groups -OCH3 is 1. The normalized spacial score (nSPS) is 17.0. The number of hydrogen-bond acceptors (Lipinski definition) is 9. The average Bonchev–Trinajstić information content (AvgIpc) is 3.37. The van der Waals surface area contributed by atoms with Gasteiger partial charge in [-0.15, -0.1) is 0 Å². The Morgan fingerprint density at radius 3 is 2.83 bits per heavy atom. The monoisotopic (exact) mass is 479 g/mol. The van der Waals surface area contributed by atoms with E-state index in [4.69, 9.17) is 14.3 Å². The lowest BCUT2D eigenvalue weighted by molar-refractivity contribution is -0.202. The fourth-order valence-electron chi connectivity index (χ4n) is 3.90. The van der Waals surface area contributed by atoms with Crippen molar-refractivity contribution in [2.24, 2.45) is 4.99 Å². The number of amides is 3. The molecule has 1 unspecified atom stereocenters. The summed E-state index contributed by atoms with van der Waals surface area (Å²) in [4.78, 5) is 54.5. The molecule has 0 saturated carbocycles. The van der Waals surface area contributed by atoms with Gasteiger partial charge in [0.1, 0.15) is 17.4 Å². The molecule has 2 aliphatic heterocycles. The first kappa shape index (κ1) is 22.3. The van der Waals surface area contributed by atoms with Crippen molar-refractivity contribution in [2.45, 2.75) is 12.6 Å². The largest absolute Gasteiger partial charge is 0.491 e. The molecule has 4 heterocycles. The summed E-state index contributed by atoms with van der Waals surface area (Å²) >= 11 is 0. The van der Waals surface area contributed by atoms with E-state index in [-0.39, 0.29) is 29.6 Å². The van der Waals surface area contributed by atoms with Crippen molar-refractivity contribution in [1.82, 2.24) is 24.9 Å². The van der Waals surface area contributed by atoms with E-state index in [1.54, 1.807) is 35.0 Å². The van der Waals surface area contributed by atoms with E-state index < -0.39 is 18.0 Å². The Kier molecular flexibility index (Phi) is 5.74. The fourth-order valence-corrected chi connectivity index (χ4v) is 3.90. The van der Waals surface area contributed by atoms with E-state index in [0.29, 0.717) is 35.4 Å². The van der Waals surface area contributed by atoms with Crippen LogP contribution in [0.25, 0.3) is 10.9 Å². The van der Waals surface area contributed by atoms with Gasteiger partial charge in [-0.2, -0.15) is 4.99 Å². The zero-order valence-electron chi connectivity index (χ0n) is 18.8. The summed E-state index contributed by atoms with van der Waals surface area (Å²) in [6, 6.07) is 5.83. The maximum atomic E-state index is 12.7. The minimum atomic E-state index is -0.831. The summed E-state index contributed by atoms with van der Waals surface area (Å²) < 4.78 is 12.7. The highest BCUT2D eigenvalue weighted by molar-refractivity contribution is 5.97. The number of β-lactam (4-membered cyclic amide) rings is 1. The van der Waals surface area contributed by atoms with Gasteiger partial charge < -0.3 is 20.1 Å². The SMILES string of the molecule is COc1c(OC(=O)NC2CN(OC)C2=O)ccc2c3n(c(=NC(=O)c4cccnc4)nc12)CCN3. The third kappa shape index (κ3) is 4.01. The summed E-state index contributed by atoms with van der Waals surface area (Å²) in [6.07, 6.45) is 2.17. The van der Waals surface area contributed by atoms with Crippen molar-refractivity contribution in [3.05, 3.63) is 47.8 Å². The average molecular weight is 479 g/mol. The second-order valence-electron chi connectivity index (χ2n) is 7.66. The molecule has 0 bridgehead atoms. The number of rotatable bonds is 5. The number of fused-ring (bicyclic) bond motifs is 3. The third-order valence-electron chi connectivity index (χ3n) is 5.62. The Morgan fingerprint density at radius 2 is 2.11 bits per heavy atom. The van der Waals surface area contributed by atoms with Gasteiger partial charge in [-0.25, -0.2) is 14.8 Å². The molecule has 0 aliphatic carbocycles. The molecule has 1 atom stereocenters. The Bertz CT molecular complexity index is 1400. The summed E-state index contributed by atoms with van der Waals surface area (Å²) in [6.45, 7) is 1.40. The highest BCUT2D eigenvalue weighted by Crippen LogP contribution is 2.37. The van der Waals surface area contributed by atoms with E-state index >= 15 is 0 Å². The Balaban J connectivity index is 1.51. The van der Waals surface area contributed by atoms with Gasteiger partial charge in [-0.1, -0.05) is 0 Å². The number of nitrogens with one attached hydrogen (secondary N) is 2. The molecule has 1 fully saturated rings. The van der Waals surface area contributed by atoms with Crippen LogP contribution in [0.2, 0.25) is 0 Å². The number of hydroxylamine groups is 2. The summed E-state index contributed by atoms with van der Waals surface area (Å²) in [7, 11) is 2.78. The van der Waals surface area contributed by atoms with Crippen LogP contribution in [-0.2, 0) is 16.2 Å². The van der Waals surface area contributed by atoms with Crippen LogP contribution < -0.4 is 25.7 Å². The molecule has 2 aromatic heterocycles. The molecule has 3 aromatic rings. The minimum Gasteiger partial charge on any atom is -0.491 e. The van der Waals surface area contributed by atoms with E-state index in [1.165, 1.54) is 20.4 Å². The third-order valence-corrected chi connectivity index (χ3v) is 5.62. The van der Waals surface area contributed by atoms with Gasteiger partial charge in [0.2, 0.25) is 5.62 Å². The van der Waals surface area contributed by atoms with E-state index in [0.717, 1.165) is 5.06 Å². The molecule has 180 valence electrons. The highest BCUT2D eigenvalue weighted by Gasteiger charge is 2.39. The molecular formula is C22H21N7O6. The fraction of sp³-hybridized carbons (Fsp3) is 0.273. The van der Waals surface area contributed by atoms with Gasteiger partial charge in [0.15, 0.2) is 11.5 Å². The number of nitrogens with zero attached hydrogens (tertiary/aromatic N) is 5. The van der Waals surface area contributed by atoms with E-state index in [1.807, 2.05) is 0 Å². The van der Waals surface area contributed by atoms with Crippen molar-refractivity contribution in [3.8, 4) is 11.5 Å². The minimum absolute atomic E-state index is 0.0906. The lowest BCUT2D eigenvalue weighted by Crippen LogP contribution is -2.63. The number of benzene rings is 1. The number of pyridine rings is 1. The lowest BCUT2D eigenvalue weighted by atomic mass is 10.1. The molecule has 0 spiro atoms. The molecular weight excluding hydrogens is 458 g/mol. The maximum absolute atomic E-state index is 12.7. The summed E-state index contributed by atoms with van der Waals surface area (Å²) in [5.41, 5.74) is 0.848. The van der Waals surface area contributed by atoms with Crippen LogP contribution in [0.5, 0.6) is 11.5 Å². The predicted octanol–water partition coefficient (Wildman–Crippen LogP) is 0.467. The van der Waals surface area contributed by atoms with Crippen molar-refractivity contribution >= 4 is 34.6 Å². The molecule has 13 nitrogen and oxygen atoms in total. The van der Waals surface area contributed by atoms with Crippen molar-refractivity contribution in [2.75, 3.05) is 32.6 Å². The molecule has 3 amide bonds. The maximum Gasteiger partial charge on any atom is 0.413 e. The smallest absolute Gasteiger partial charge is 0.413 e. The second kappa shape index (κ2) is 9.02. The molecule has 35 heavy (non-hydrogen) atoms. The Morgan fingerprint density at radius 1 is 1.26 bits per heavy atom. The van der Waals surface area contributed by atoms with Crippen molar-refractivity contribution in [3.63, 3.8) is 0 Å². The molecule has 13 heteroatoms. The van der Waals surface area contributed by atoms with Gasteiger partial charge in [0.05, 0.1) is 26.3 Å². The van der Waals surface area contributed by atoms with E-state index in [2.05, 4.69) is 25.6 Å². The van der Waals surface area contributed by atoms with Crippen LogP contribution in [0, 0.1) is 0 Å². The topological polar surface area (TPSA) is 149 Å². The molecule has 1 saturated heterocycles. The van der Waals surface area contributed by atoms with Crippen LogP contribution in [0.4, 0.5) is 10.6 Å². The standard InChI is InChI=1S/C22H21N7O6/c1-33-17-15(35-22(32)25-14-11-29(34-2)20(14)31)6-5-13-16(17)26-21(28-9-8-24-18(13)28)27-19(30)12-4-3-7-23-10-12/h3-7,10,14,24H,8-9,11H2,1-2H3,(H,25,32). The quantitative estimate of drug-likeness (QED) is 0.498. The molecule has 2 N–H and O–H groups in total. The Labute approximate surface area is 198 Å². The summed E-state index contributed by atoms with van der Waals surface area (Å²) in [5.74, 6) is 0.112. The zero-order chi connectivity index (χ0) is 24.5. The number of aromatic nitrogens is 3. The number of carbonyl (C=O) groups is 3. The van der Waals surface area contributed by atoms with Crippen LogP contribution in [0.3, 0.4) is 0 Å². The predicted molar refractivity (Wildman–Crippen MR) is 121 cm³/mol. The van der Waals surface area contributed by atoms with Crippen LogP contribution in [-0.4, -0.2) is 70.9 Å². The van der Waals surface area contributed by atoms with Gasteiger partial charge >= 0.3 is 6.09 Å². The first-order valence-electron chi connectivity index (χ1n) is 10.7. The van der Waals surface area contributed by atoms with Crippen LogP contribution in [0.15, 0.2) is 41.7 Å². The molecule has 5 rings (SSSR count). The van der Waals surface area contributed by atoms with Crippen molar-refractivity contribution < 1.29 is 28.7 Å². The molecule has 0 radical (unpaired) electrons. The zero-order valence-corrected chi connectivity index (χ0v) is 18.8. The highest BCUT2D eigenvalue weighted by atomic mass is 16.7. The number of hydrogen-bond donors (Lipinski definition) is 2. The van der Waals surface area contributed by atoms with Gasteiger partial charge in [-0.3, -0.25) is 24.0 Å². The molecule has 2 aliphatic rings. The van der Waals surface area contributed by atoms with Gasteiger partial charge in [-0.05, 0) is 24.3 Å². The first-order valence-corrected chi connectivity index (χ1v) is 10.7. The Hall–Kier alpha value is -4.52.